The molecule has 3 N–H and O–H groups in total. The molecule has 1 aromatic rings. The van der Waals surface area contributed by atoms with Crippen LogP contribution in [-0.4, -0.2) is 50.7 Å². The van der Waals surface area contributed by atoms with E-state index in [-0.39, 0.29) is 36.8 Å². The minimum absolute atomic E-state index is 0. The lowest BCUT2D eigenvalue weighted by Crippen LogP contribution is -2.43. The summed E-state index contributed by atoms with van der Waals surface area (Å²) in [6.45, 7) is 2.10. The molecule has 0 spiro atoms. The molecule has 2 rings (SSSR count). The molecule has 1 aliphatic heterocycles. The van der Waals surface area contributed by atoms with Gasteiger partial charge in [-0.1, -0.05) is 0 Å². The number of amides is 1. The zero-order chi connectivity index (χ0) is 15.2. The van der Waals surface area contributed by atoms with E-state index in [2.05, 4.69) is 10.2 Å². The molecule has 8 heteroatoms. The first-order chi connectivity index (χ1) is 10.1. The number of piperidine rings is 1. The van der Waals surface area contributed by atoms with Gasteiger partial charge in [-0.25, -0.2) is 0 Å². The van der Waals surface area contributed by atoms with Crippen molar-refractivity contribution in [2.75, 3.05) is 39.2 Å². The van der Waals surface area contributed by atoms with Gasteiger partial charge in [-0.15, -0.1) is 24.8 Å². The van der Waals surface area contributed by atoms with E-state index < -0.39 is 0 Å². The van der Waals surface area contributed by atoms with Gasteiger partial charge in [0.15, 0.2) is 0 Å². The highest BCUT2D eigenvalue weighted by Crippen LogP contribution is 2.28. The lowest BCUT2D eigenvalue weighted by Gasteiger charge is -2.29. The number of carbonyl (C=O) groups is 1. The second-order valence-corrected chi connectivity index (χ2v) is 5.23. The standard InChI is InChI=1S/C15H23N3O3.2ClH/c1-20-12-3-4-14(21-2)13(9-12)17-15(19)10-18-7-5-11(16)6-8-18;;/h3-4,9,11H,5-8,10,16H2,1-2H3,(H,17,19);2*1H. The van der Waals surface area contributed by atoms with E-state index in [0.29, 0.717) is 23.7 Å². The molecule has 0 atom stereocenters. The molecule has 0 aromatic heterocycles. The molecule has 1 aromatic carbocycles. The maximum absolute atomic E-state index is 12.1. The van der Waals surface area contributed by atoms with Crippen LogP contribution in [0.25, 0.3) is 0 Å². The summed E-state index contributed by atoms with van der Waals surface area (Å²) in [5.74, 6) is 1.23. The highest BCUT2D eigenvalue weighted by atomic mass is 35.5. The van der Waals surface area contributed by atoms with E-state index in [4.69, 9.17) is 15.2 Å². The van der Waals surface area contributed by atoms with E-state index in [0.717, 1.165) is 25.9 Å². The van der Waals surface area contributed by atoms with Crippen molar-refractivity contribution in [3.8, 4) is 11.5 Å². The molecule has 0 saturated carbocycles. The van der Waals surface area contributed by atoms with Crippen molar-refractivity contribution in [2.45, 2.75) is 18.9 Å². The molecule has 0 unspecified atom stereocenters. The normalized spacial score (nSPS) is 15.1. The number of likely N-dealkylation sites (tertiary alicyclic amines) is 1. The molecule has 0 radical (unpaired) electrons. The number of nitrogens with two attached hydrogens (primary N) is 1. The average Bonchev–Trinajstić information content (AvgIpc) is 2.49. The third kappa shape index (κ3) is 6.43. The van der Waals surface area contributed by atoms with E-state index >= 15 is 0 Å². The Bertz CT molecular complexity index is 495. The van der Waals surface area contributed by atoms with Crippen LogP contribution in [0.15, 0.2) is 18.2 Å². The molecule has 1 amide bonds. The van der Waals surface area contributed by atoms with Crippen LogP contribution in [0.4, 0.5) is 5.69 Å². The Morgan fingerprint density at radius 2 is 1.91 bits per heavy atom. The smallest absolute Gasteiger partial charge is 0.238 e. The summed E-state index contributed by atoms with van der Waals surface area (Å²) in [6, 6.07) is 5.58. The topological polar surface area (TPSA) is 76.8 Å². The highest BCUT2D eigenvalue weighted by Gasteiger charge is 2.19. The van der Waals surface area contributed by atoms with Crippen LogP contribution in [0.2, 0.25) is 0 Å². The molecular formula is C15H25Cl2N3O3. The summed E-state index contributed by atoms with van der Waals surface area (Å²) in [4.78, 5) is 14.3. The molecular weight excluding hydrogens is 341 g/mol. The van der Waals surface area contributed by atoms with Gasteiger partial charge in [0.05, 0.1) is 26.5 Å². The van der Waals surface area contributed by atoms with Crippen LogP contribution in [0.1, 0.15) is 12.8 Å². The molecule has 1 fully saturated rings. The van der Waals surface area contributed by atoms with Crippen molar-refractivity contribution in [3.63, 3.8) is 0 Å². The number of nitrogens with one attached hydrogen (secondary N) is 1. The first kappa shape index (κ1) is 21.8. The van der Waals surface area contributed by atoms with Crippen molar-refractivity contribution >= 4 is 36.4 Å². The van der Waals surface area contributed by atoms with Crippen molar-refractivity contribution in [2.24, 2.45) is 5.73 Å². The van der Waals surface area contributed by atoms with E-state index in [9.17, 15) is 4.79 Å². The van der Waals surface area contributed by atoms with Crippen LogP contribution in [0, 0.1) is 0 Å². The summed E-state index contributed by atoms with van der Waals surface area (Å²) in [5, 5.41) is 2.88. The SMILES string of the molecule is COc1ccc(OC)c(NC(=O)CN2CCC(N)CC2)c1.Cl.Cl. The summed E-state index contributed by atoms with van der Waals surface area (Å²) >= 11 is 0. The van der Waals surface area contributed by atoms with Crippen LogP contribution < -0.4 is 20.5 Å². The number of rotatable bonds is 5. The lowest BCUT2D eigenvalue weighted by atomic mass is 10.1. The van der Waals surface area contributed by atoms with Gasteiger partial charge in [-0.2, -0.15) is 0 Å². The van der Waals surface area contributed by atoms with Crippen molar-refractivity contribution in [3.05, 3.63) is 18.2 Å². The Morgan fingerprint density at radius 3 is 2.48 bits per heavy atom. The third-order valence-electron chi connectivity index (χ3n) is 3.68. The van der Waals surface area contributed by atoms with Gasteiger partial charge in [0.25, 0.3) is 0 Å². The third-order valence-corrected chi connectivity index (χ3v) is 3.68. The second kappa shape index (κ2) is 10.5. The number of benzene rings is 1. The summed E-state index contributed by atoms with van der Waals surface area (Å²) < 4.78 is 10.4. The van der Waals surface area contributed by atoms with Crippen molar-refractivity contribution in [1.82, 2.24) is 4.90 Å². The largest absolute Gasteiger partial charge is 0.497 e. The maximum Gasteiger partial charge on any atom is 0.238 e. The number of ether oxygens (including phenoxy) is 2. The van der Waals surface area contributed by atoms with E-state index in [1.54, 1.807) is 32.4 Å². The van der Waals surface area contributed by atoms with Gasteiger partial charge in [0.1, 0.15) is 11.5 Å². The fourth-order valence-corrected chi connectivity index (χ4v) is 2.42. The number of carbonyl (C=O) groups excluding carboxylic acids is 1. The van der Waals surface area contributed by atoms with Crippen LogP contribution in [0.3, 0.4) is 0 Å². The zero-order valence-electron chi connectivity index (χ0n) is 13.4. The van der Waals surface area contributed by atoms with Crippen LogP contribution in [-0.2, 0) is 4.79 Å². The molecule has 1 heterocycles. The fraction of sp³-hybridized carbons (Fsp3) is 0.533. The van der Waals surface area contributed by atoms with Gasteiger partial charge in [-0.05, 0) is 25.0 Å². The first-order valence-corrected chi connectivity index (χ1v) is 7.12. The minimum Gasteiger partial charge on any atom is -0.497 e. The number of methoxy groups -OCH3 is 2. The summed E-state index contributed by atoms with van der Waals surface area (Å²) in [6.07, 6.45) is 1.88. The zero-order valence-corrected chi connectivity index (χ0v) is 15.0. The number of hydrogen-bond donors (Lipinski definition) is 2. The fourth-order valence-electron chi connectivity index (χ4n) is 2.42. The molecule has 6 nitrogen and oxygen atoms in total. The maximum atomic E-state index is 12.1. The lowest BCUT2D eigenvalue weighted by molar-refractivity contribution is -0.117. The number of halogens is 2. The minimum atomic E-state index is -0.0583. The predicted octanol–water partition coefficient (Wildman–Crippen LogP) is 1.91. The second-order valence-electron chi connectivity index (χ2n) is 5.23. The molecule has 1 saturated heterocycles. The highest BCUT2D eigenvalue weighted by molar-refractivity contribution is 5.94. The summed E-state index contributed by atoms with van der Waals surface area (Å²) in [7, 11) is 3.16. The number of nitrogens with zero attached hydrogens (tertiary/aromatic N) is 1. The average molecular weight is 366 g/mol. The van der Waals surface area contributed by atoms with Gasteiger partial charge in [0.2, 0.25) is 5.91 Å². The number of hydrogen-bond acceptors (Lipinski definition) is 5. The predicted molar refractivity (Wildman–Crippen MR) is 96.3 cm³/mol. The van der Waals surface area contributed by atoms with Crippen molar-refractivity contribution < 1.29 is 14.3 Å². The Hall–Kier alpha value is -1.21. The summed E-state index contributed by atoms with van der Waals surface area (Å²) in [5.41, 5.74) is 6.48. The molecule has 1 aliphatic rings. The Morgan fingerprint density at radius 1 is 1.26 bits per heavy atom. The van der Waals surface area contributed by atoms with Gasteiger partial charge < -0.3 is 20.5 Å². The van der Waals surface area contributed by atoms with E-state index in [1.165, 1.54) is 0 Å². The van der Waals surface area contributed by atoms with Gasteiger partial charge in [-0.3, -0.25) is 9.69 Å². The Labute approximate surface area is 149 Å². The molecule has 0 bridgehead atoms. The number of anilines is 1. The van der Waals surface area contributed by atoms with Crippen LogP contribution >= 0.6 is 24.8 Å². The Kier molecular flexibility index (Phi) is 9.99. The van der Waals surface area contributed by atoms with Gasteiger partial charge >= 0.3 is 0 Å². The molecule has 132 valence electrons. The van der Waals surface area contributed by atoms with Gasteiger partial charge in [0, 0.05) is 25.2 Å². The van der Waals surface area contributed by atoms with Crippen LogP contribution in [0.5, 0.6) is 11.5 Å². The van der Waals surface area contributed by atoms with Crippen molar-refractivity contribution in [1.29, 1.82) is 0 Å². The Balaban J connectivity index is 0.00000242. The monoisotopic (exact) mass is 365 g/mol. The first-order valence-electron chi connectivity index (χ1n) is 7.12. The van der Waals surface area contributed by atoms with E-state index in [1.807, 2.05) is 0 Å². The molecule has 0 aliphatic carbocycles. The quantitative estimate of drug-likeness (QED) is 0.833. The molecule has 23 heavy (non-hydrogen) atoms.